The molecule has 106 valence electrons. The number of carbonyl (C=O) groups excluding carboxylic acids is 1. The van der Waals surface area contributed by atoms with Crippen LogP contribution in [0.2, 0.25) is 0 Å². The van der Waals surface area contributed by atoms with Crippen LogP contribution in [0.3, 0.4) is 0 Å². The van der Waals surface area contributed by atoms with Crippen molar-refractivity contribution >= 4 is 29.0 Å². The second kappa shape index (κ2) is 8.07. The van der Waals surface area contributed by atoms with E-state index < -0.39 is 0 Å². The lowest BCUT2D eigenvalue weighted by molar-refractivity contribution is -0.115. The number of aliphatic hydroxyl groups excluding tert-OH is 1. The molecule has 0 aliphatic heterocycles. The molecule has 0 aromatic heterocycles. The average molecular weight is 282 g/mol. The standard InChI is InChI=1S/C14H22N2O2S/c1-10-3-4-12(15)9-13(10)16-14(18)6-8-19-11(2)5-7-17/h3-4,9,11,17H,5-8,15H2,1-2H3,(H,16,18). The number of rotatable bonds is 7. The first kappa shape index (κ1) is 15.9. The first-order valence-electron chi connectivity index (χ1n) is 6.41. The van der Waals surface area contributed by atoms with Gasteiger partial charge in [-0.25, -0.2) is 0 Å². The first-order chi connectivity index (χ1) is 9.02. The highest BCUT2D eigenvalue weighted by atomic mass is 32.2. The largest absolute Gasteiger partial charge is 0.399 e. The zero-order valence-corrected chi connectivity index (χ0v) is 12.3. The van der Waals surface area contributed by atoms with E-state index in [2.05, 4.69) is 12.2 Å². The van der Waals surface area contributed by atoms with Gasteiger partial charge in [-0.1, -0.05) is 13.0 Å². The summed E-state index contributed by atoms with van der Waals surface area (Å²) in [5.41, 5.74) is 8.12. The van der Waals surface area contributed by atoms with Crippen molar-refractivity contribution in [1.29, 1.82) is 0 Å². The van der Waals surface area contributed by atoms with Gasteiger partial charge in [-0.05, 0) is 31.0 Å². The molecule has 0 aliphatic rings. The second-order valence-corrected chi connectivity index (χ2v) is 6.11. The minimum atomic E-state index is -0.00241. The summed E-state index contributed by atoms with van der Waals surface area (Å²) < 4.78 is 0. The Balaban J connectivity index is 2.37. The summed E-state index contributed by atoms with van der Waals surface area (Å²) in [6, 6.07) is 5.48. The van der Waals surface area contributed by atoms with E-state index in [9.17, 15) is 4.79 Å². The normalized spacial score (nSPS) is 12.2. The van der Waals surface area contributed by atoms with E-state index in [1.165, 1.54) is 0 Å². The van der Waals surface area contributed by atoms with E-state index in [0.29, 0.717) is 17.4 Å². The third-order valence-electron chi connectivity index (χ3n) is 2.80. The minimum absolute atomic E-state index is 0.00241. The maximum atomic E-state index is 11.8. The van der Waals surface area contributed by atoms with Gasteiger partial charge in [0.2, 0.25) is 5.91 Å². The van der Waals surface area contributed by atoms with E-state index in [0.717, 1.165) is 23.4 Å². The van der Waals surface area contributed by atoms with Crippen molar-refractivity contribution < 1.29 is 9.90 Å². The molecule has 19 heavy (non-hydrogen) atoms. The van der Waals surface area contributed by atoms with Crippen molar-refractivity contribution in [3.05, 3.63) is 23.8 Å². The first-order valence-corrected chi connectivity index (χ1v) is 7.46. The monoisotopic (exact) mass is 282 g/mol. The number of thioether (sulfide) groups is 1. The number of amides is 1. The summed E-state index contributed by atoms with van der Waals surface area (Å²) >= 11 is 1.70. The molecular formula is C14H22N2O2S. The van der Waals surface area contributed by atoms with Gasteiger partial charge in [-0.3, -0.25) is 4.79 Å². The molecule has 5 heteroatoms. The van der Waals surface area contributed by atoms with E-state index in [-0.39, 0.29) is 12.5 Å². The summed E-state index contributed by atoms with van der Waals surface area (Å²) in [6.07, 6.45) is 1.23. The van der Waals surface area contributed by atoms with Crippen molar-refractivity contribution in [2.24, 2.45) is 0 Å². The van der Waals surface area contributed by atoms with Gasteiger partial charge in [0.05, 0.1) is 0 Å². The molecule has 1 rings (SSSR count). The molecule has 4 N–H and O–H groups in total. The highest BCUT2D eigenvalue weighted by Gasteiger charge is 2.07. The van der Waals surface area contributed by atoms with Crippen LogP contribution >= 0.6 is 11.8 Å². The van der Waals surface area contributed by atoms with Crippen LogP contribution in [0.1, 0.15) is 25.3 Å². The number of carbonyl (C=O) groups is 1. The predicted molar refractivity (Wildman–Crippen MR) is 82.5 cm³/mol. The lowest BCUT2D eigenvalue weighted by Crippen LogP contribution is -2.14. The van der Waals surface area contributed by atoms with E-state index in [4.69, 9.17) is 10.8 Å². The van der Waals surface area contributed by atoms with E-state index >= 15 is 0 Å². The quantitative estimate of drug-likeness (QED) is 0.671. The second-order valence-electron chi connectivity index (χ2n) is 4.57. The molecule has 1 aromatic carbocycles. The topological polar surface area (TPSA) is 75.3 Å². The van der Waals surface area contributed by atoms with Crippen LogP contribution in [0.15, 0.2) is 18.2 Å². The summed E-state index contributed by atoms with van der Waals surface area (Å²) in [4.78, 5) is 11.8. The molecule has 1 aromatic rings. The SMILES string of the molecule is Cc1ccc(N)cc1NC(=O)CCSC(C)CCO. The predicted octanol–water partition coefficient (Wildman–Crippen LogP) is 2.41. The van der Waals surface area contributed by atoms with Crippen LogP contribution in [0.4, 0.5) is 11.4 Å². The number of hydrogen-bond acceptors (Lipinski definition) is 4. The lowest BCUT2D eigenvalue weighted by Gasteiger charge is -2.11. The van der Waals surface area contributed by atoms with Gasteiger partial charge in [0.15, 0.2) is 0 Å². The van der Waals surface area contributed by atoms with Gasteiger partial charge in [0.25, 0.3) is 0 Å². The van der Waals surface area contributed by atoms with Crippen molar-refractivity contribution in [3.8, 4) is 0 Å². The fourth-order valence-electron chi connectivity index (χ4n) is 1.60. The number of nitrogens with two attached hydrogens (primary N) is 1. The Morgan fingerprint density at radius 3 is 2.95 bits per heavy atom. The molecule has 0 aliphatic carbocycles. The number of nitrogen functional groups attached to an aromatic ring is 1. The van der Waals surface area contributed by atoms with Gasteiger partial charge in [0, 0.05) is 35.4 Å². The van der Waals surface area contributed by atoms with Crippen LogP contribution in [0.25, 0.3) is 0 Å². The van der Waals surface area contributed by atoms with Crippen LogP contribution in [-0.2, 0) is 4.79 Å². The number of benzene rings is 1. The number of hydrogen-bond donors (Lipinski definition) is 3. The average Bonchev–Trinajstić information content (AvgIpc) is 2.34. The summed E-state index contributed by atoms with van der Waals surface area (Å²) in [5, 5.41) is 12.0. The lowest BCUT2D eigenvalue weighted by atomic mass is 10.2. The third-order valence-corrected chi connectivity index (χ3v) is 4.05. The summed E-state index contributed by atoms with van der Waals surface area (Å²) in [7, 11) is 0. The van der Waals surface area contributed by atoms with Crippen molar-refractivity contribution in [2.75, 3.05) is 23.4 Å². The van der Waals surface area contributed by atoms with E-state index in [1.807, 2.05) is 19.1 Å². The molecule has 0 fully saturated rings. The molecule has 1 atom stereocenters. The molecular weight excluding hydrogens is 260 g/mol. The molecule has 1 unspecified atom stereocenters. The number of anilines is 2. The summed E-state index contributed by atoms with van der Waals surface area (Å²) in [6.45, 7) is 4.19. The van der Waals surface area contributed by atoms with Crippen molar-refractivity contribution in [3.63, 3.8) is 0 Å². The molecule has 0 radical (unpaired) electrons. The highest BCUT2D eigenvalue weighted by Crippen LogP contribution is 2.19. The Bertz CT molecular complexity index is 424. The molecule has 0 bridgehead atoms. The van der Waals surface area contributed by atoms with Gasteiger partial charge in [0.1, 0.15) is 0 Å². The van der Waals surface area contributed by atoms with Crippen LogP contribution in [-0.4, -0.2) is 28.6 Å². The summed E-state index contributed by atoms with van der Waals surface area (Å²) in [5.74, 6) is 0.756. The Labute approximate surface area is 118 Å². The van der Waals surface area contributed by atoms with Crippen LogP contribution < -0.4 is 11.1 Å². The van der Waals surface area contributed by atoms with Gasteiger partial charge in [-0.2, -0.15) is 11.8 Å². The Kier molecular flexibility index (Phi) is 6.73. The highest BCUT2D eigenvalue weighted by molar-refractivity contribution is 7.99. The number of aliphatic hydroxyl groups is 1. The maximum absolute atomic E-state index is 11.8. The molecule has 0 saturated heterocycles. The Hall–Kier alpha value is -1.20. The van der Waals surface area contributed by atoms with Gasteiger partial charge in [-0.15, -0.1) is 0 Å². The zero-order chi connectivity index (χ0) is 14.3. The fourth-order valence-corrected chi connectivity index (χ4v) is 2.58. The maximum Gasteiger partial charge on any atom is 0.225 e. The number of nitrogens with one attached hydrogen (secondary N) is 1. The van der Waals surface area contributed by atoms with Crippen LogP contribution in [0, 0.1) is 6.92 Å². The molecule has 1 amide bonds. The fraction of sp³-hybridized carbons (Fsp3) is 0.500. The van der Waals surface area contributed by atoms with Crippen molar-refractivity contribution in [2.45, 2.75) is 31.9 Å². The number of aryl methyl sites for hydroxylation is 1. The van der Waals surface area contributed by atoms with Crippen LogP contribution in [0.5, 0.6) is 0 Å². The van der Waals surface area contributed by atoms with Gasteiger partial charge < -0.3 is 16.2 Å². The van der Waals surface area contributed by atoms with Gasteiger partial charge >= 0.3 is 0 Å². The smallest absolute Gasteiger partial charge is 0.225 e. The zero-order valence-electron chi connectivity index (χ0n) is 11.5. The molecule has 4 nitrogen and oxygen atoms in total. The molecule has 0 heterocycles. The Morgan fingerprint density at radius 2 is 2.26 bits per heavy atom. The molecule has 0 saturated carbocycles. The third kappa shape index (κ3) is 5.98. The minimum Gasteiger partial charge on any atom is -0.399 e. The van der Waals surface area contributed by atoms with Crippen molar-refractivity contribution in [1.82, 2.24) is 0 Å². The molecule has 0 spiro atoms. The van der Waals surface area contributed by atoms with E-state index in [1.54, 1.807) is 17.8 Å². The Morgan fingerprint density at radius 1 is 1.53 bits per heavy atom.